The molecule has 0 bridgehead atoms. The molecule has 1 rings (SSSR count). The van der Waals surface area contributed by atoms with Gasteiger partial charge in [-0.15, -0.1) is 11.3 Å². The number of amides is 1. The Morgan fingerprint density at radius 2 is 2.10 bits per heavy atom. The van der Waals surface area contributed by atoms with E-state index in [9.17, 15) is 9.59 Å². The van der Waals surface area contributed by atoms with Crippen LogP contribution in [-0.4, -0.2) is 41.5 Å². The van der Waals surface area contributed by atoms with E-state index in [0.29, 0.717) is 10.6 Å². The van der Waals surface area contributed by atoms with Gasteiger partial charge in [-0.1, -0.05) is 0 Å². The van der Waals surface area contributed by atoms with Crippen molar-refractivity contribution >= 4 is 28.2 Å². The predicted octanol–water partition coefficient (Wildman–Crippen LogP) is 1.58. The summed E-state index contributed by atoms with van der Waals surface area (Å²) in [5.41, 5.74) is 1.33. The third-order valence-electron chi connectivity index (χ3n) is 3.16. The molecular formula is C13H17N3O3S. The highest BCUT2D eigenvalue weighted by Crippen LogP contribution is 2.31. The van der Waals surface area contributed by atoms with Crippen molar-refractivity contribution < 1.29 is 14.7 Å². The van der Waals surface area contributed by atoms with Crippen molar-refractivity contribution in [3.05, 3.63) is 16.0 Å². The predicted molar refractivity (Wildman–Crippen MR) is 76.9 cm³/mol. The lowest BCUT2D eigenvalue weighted by atomic mass is 10.2. The van der Waals surface area contributed by atoms with Gasteiger partial charge in [-0.2, -0.15) is 5.26 Å². The molecule has 0 radical (unpaired) electrons. The summed E-state index contributed by atoms with van der Waals surface area (Å²) in [7, 11) is 1.56. The zero-order chi connectivity index (χ0) is 15.4. The van der Waals surface area contributed by atoms with E-state index in [-0.39, 0.29) is 12.5 Å². The maximum Gasteiger partial charge on any atom is 0.320 e. The van der Waals surface area contributed by atoms with Gasteiger partial charge in [-0.05, 0) is 33.4 Å². The molecule has 6 nitrogen and oxygen atoms in total. The first-order valence-electron chi connectivity index (χ1n) is 6.00. The molecule has 0 aliphatic heterocycles. The summed E-state index contributed by atoms with van der Waals surface area (Å²) in [6.45, 7) is 5.18. The van der Waals surface area contributed by atoms with Crippen molar-refractivity contribution in [3.63, 3.8) is 0 Å². The number of aliphatic carboxylic acids is 1. The van der Waals surface area contributed by atoms with E-state index < -0.39 is 12.0 Å². The minimum Gasteiger partial charge on any atom is -0.480 e. The summed E-state index contributed by atoms with van der Waals surface area (Å²) in [5.74, 6) is -1.32. The molecule has 108 valence electrons. The van der Waals surface area contributed by atoms with Crippen molar-refractivity contribution in [2.24, 2.45) is 0 Å². The van der Waals surface area contributed by atoms with Crippen molar-refractivity contribution in [3.8, 4) is 6.07 Å². The molecule has 0 fully saturated rings. The molecule has 1 unspecified atom stereocenters. The fourth-order valence-electron chi connectivity index (χ4n) is 1.57. The molecule has 2 N–H and O–H groups in total. The Labute approximate surface area is 121 Å². The van der Waals surface area contributed by atoms with Crippen LogP contribution in [0.5, 0.6) is 0 Å². The SMILES string of the molecule is Cc1sc(NC(=O)CN(C)C(C)C(=O)O)c(C#N)c1C. The Kier molecular flexibility index (Phi) is 5.25. The van der Waals surface area contributed by atoms with Gasteiger partial charge in [-0.25, -0.2) is 0 Å². The molecule has 0 aliphatic rings. The van der Waals surface area contributed by atoms with E-state index in [1.54, 1.807) is 7.05 Å². The zero-order valence-electron chi connectivity index (χ0n) is 11.9. The third-order valence-corrected chi connectivity index (χ3v) is 4.28. The van der Waals surface area contributed by atoms with Crippen LogP contribution < -0.4 is 5.32 Å². The molecule has 0 aliphatic carbocycles. The minimum atomic E-state index is -0.985. The highest BCUT2D eigenvalue weighted by molar-refractivity contribution is 7.16. The number of anilines is 1. The number of thiophene rings is 1. The molecule has 7 heteroatoms. The number of likely N-dealkylation sites (N-methyl/N-ethyl adjacent to an activating group) is 1. The molecular weight excluding hydrogens is 278 g/mol. The number of carbonyl (C=O) groups excluding carboxylic acids is 1. The van der Waals surface area contributed by atoms with Crippen LogP contribution in [0, 0.1) is 25.2 Å². The molecule has 0 spiro atoms. The Morgan fingerprint density at radius 1 is 1.50 bits per heavy atom. The number of carbonyl (C=O) groups is 2. The van der Waals surface area contributed by atoms with E-state index in [0.717, 1.165) is 10.4 Å². The smallest absolute Gasteiger partial charge is 0.320 e. The molecule has 1 heterocycles. The third kappa shape index (κ3) is 3.56. The molecule has 1 aromatic rings. The van der Waals surface area contributed by atoms with E-state index >= 15 is 0 Å². The highest BCUT2D eigenvalue weighted by Gasteiger charge is 2.20. The molecule has 1 atom stereocenters. The van der Waals surface area contributed by atoms with E-state index in [2.05, 4.69) is 11.4 Å². The summed E-state index contributed by atoms with van der Waals surface area (Å²) in [6, 6.07) is 1.33. The first-order valence-corrected chi connectivity index (χ1v) is 6.82. The van der Waals surface area contributed by atoms with Gasteiger partial charge in [0.25, 0.3) is 0 Å². The minimum absolute atomic E-state index is 0.0473. The fraction of sp³-hybridized carbons (Fsp3) is 0.462. The van der Waals surface area contributed by atoms with Crippen molar-refractivity contribution in [1.82, 2.24) is 4.90 Å². The quantitative estimate of drug-likeness (QED) is 0.860. The fourth-order valence-corrected chi connectivity index (χ4v) is 2.59. The average molecular weight is 295 g/mol. The number of nitrogens with one attached hydrogen (secondary N) is 1. The van der Waals surface area contributed by atoms with Crippen LogP contribution >= 0.6 is 11.3 Å². The van der Waals surface area contributed by atoms with Crippen molar-refractivity contribution in [2.45, 2.75) is 26.8 Å². The Hall–Kier alpha value is -1.91. The monoisotopic (exact) mass is 295 g/mol. The second-order valence-electron chi connectivity index (χ2n) is 4.58. The number of aryl methyl sites for hydroxylation is 1. The zero-order valence-corrected chi connectivity index (χ0v) is 12.7. The summed E-state index contributed by atoms with van der Waals surface area (Å²) >= 11 is 1.35. The second-order valence-corrected chi connectivity index (χ2v) is 5.80. The first kappa shape index (κ1) is 16.1. The normalized spacial score (nSPS) is 12.0. The van der Waals surface area contributed by atoms with Crippen LogP contribution in [0.3, 0.4) is 0 Å². The average Bonchev–Trinajstić information content (AvgIpc) is 2.62. The summed E-state index contributed by atoms with van der Waals surface area (Å²) in [5, 5.41) is 21.1. The summed E-state index contributed by atoms with van der Waals surface area (Å²) in [6.07, 6.45) is 0. The number of nitrogens with zero attached hydrogens (tertiary/aromatic N) is 2. The Bertz CT molecular complexity index is 574. The number of carboxylic acids is 1. The number of carboxylic acid groups (broad SMARTS) is 1. The molecule has 20 heavy (non-hydrogen) atoms. The van der Waals surface area contributed by atoms with Crippen LogP contribution in [-0.2, 0) is 9.59 Å². The summed E-state index contributed by atoms with van der Waals surface area (Å²) in [4.78, 5) is 25.1. The van der Waals surface area contributed by atoms with Crippen LogP contribution in [0.2, 0.25) is 0 Å². The standard InChI is InChI=1S/C13H17N3O3S/c1-7-9(3)20-12(10(7)5-14)15-11(17)6-16(4)8(2)13(18)19/h8H,6H2,1-4H3,(H,15,17)(H,18,19). The number of hydrogen-bond acceptors (Lipinski definition) is 5. The van der Waals surface area contributed by atoms with Gasteiger partial charge in [0.05, 0.1) is 12.1 Å². The highest BCUT2D eigenvalue weighted by atomic mass is 32.1. The van der Waals surface area contributed by atoms with Crippen LogP contribution in [0.1, 0.15) is 22.9 Å². The van der Waals surface area contributed by atoms with E-state index in [1.807, 2.05) is 13.8 Å². The maximum absolute atomic E-state index is 11.9. The number of nitriles is 1. The van der Waals surface area contributed by atoms with Gasteiger partial charge in [-0.3, -0.25) is 14.5 Å². The molecule has 0 aromatic carbocycles. The lowest BCUT2D eigenvalue weighted by Gasteiger charge is -2.20. The van der Waals surface area contributed by atoms with Gasteiger partial charge in [0.1, 0.15) is 17.1 Å². The number of rotatable bonds is 5. The summed E-state index contributed by atoms with van der Waals surface area (Å²) < 4.78 is 0. The topological polar surface area (TPSA) is 93.4 Å². The lowest BCUT2D eigenvalue weighted by Crippen LogP contribution is -2.40. The Morgan fingerprint density at radius 3 is 2.60 bits per heavy atom. The van der Waals surface area contributed by atoms with Crippen LogP contribution in [0.25, 0.3) is 0 Å². The molecule has 0 saturated heterocycles. The largest absolute Gasteiger partial charge is 0.480 e. The molecule has 1 aromatic heterocycles. The second kappa shape index (κ2) is 6.50. The van der Waals surface area contributed by atoms with Gasteiger partial charge in [0.2, 0.25) is 5.91 Å². The Balaban J connectivity index is 2.75. The van der Waals surface area contributed by atoms with Crippen molar-refractivity contribution in [1.29, 1.82) is 5.26 Å². The van der Waals surface area contributed by atoms with Gasteiger partial charge >= 0.3 is 5.97 Å². The number of hydrogen-bond donors (Lipinski definition) is 2. The van der Waals surface area contributed by atoms with Crippen LogP contribution in [0.4, 0.5) is 5.00 Å². The molecule has 0 saturated carbocycles. The lowest BCUT2D eigenvalue weighted by molar-refractivity contribution is -0.142. The van der Waals surface area contributed by atoms with Gasteiger partial charge < -0.3 is 10.4 Å². The van der Waals surface area contributed by atoms with Crippen molar-refractivity contribution in [2.75, 3.05) is 18.9 Å². The first-order chi connectivity index (χ1) is 9.27. The van der Waals surface area contributed by atoms with Gasteiger partial charge in [0, 0.05) is 4.88 Å². The maximum atomic E-state index is 11.9. The van der Waals surface area contributed by atoms with E-state index in [1.165, 1.54) is 23.2 Å². The van der Waals surface area contributed by atoms with Crippen LogP contribution in [0.15, 0.2) is 0 Å². The van der Waals surface area contributed by atoms with Gasteiger partial charge in [0.15, 0.2) is 0 Å². The van der Waals surface area contributed by atoms with E-state index in [4.69, 9.17) is 10.4 Å². The molecule has 1 amide bonds.